The van der Waals surface area contributed by atoms with Gasteiger partial charge in [0.2, 0.25) is 11.8 Å². The molecule has 1 aromatic heterocycles. The summed E-state index contributed by atoms with van der Waals surface area (Å²) in [4.78, 5) is 32.2. The van der Waals surface area contributed by atoms with Crippen LogP contribution < -0.4 is 10.2 Å². The zero-order chi connectivity index (χ0) is 16.1. The summed E-state index contributed by atoms with van der Waals surface area (Å²) < 4.78 is 0. The van der Waals surface area contributed by atoms with Crippen LogP contribution in [0.3, 0.4) is 0 Å². The van der Waals surface area contributed by atoms with Crippen molar-refractivity contribution in [1.82, 2.24) is 15.2 Å². The van der Waals surface area contributed by atoms with Crippen LogP contribution >= 0.6 is 0 Å². The first-order chi connectivity index (χ1) is 10.5. The number of nitrogens with one attached hydrogen (secondary N) is 1. The zero-order valence-electron chi connectivity index (χ0n) is 13.5. The summed E-state index contributed by atoms with van der Waals surface area (Å²) in [6, 6.07) is 3.44. The van der Waals surface area contributed by atoms with E-state index in [-0.39, 0.29) is 17.9 Å². The fourth-order valence-corrected chi connectivity index (χ4v) is 2.82. The van der Waals surface area contributed by atoms with E-state index < -0.39 is 0 Å². The maximum Gasteiger partial charge on any atom is 0.243 e. The number of hydrogen-bond acceptors (Lipinski definition) is 4. The van der Waals surface area contributed by atoms with Crippen molar-refractivity contribution in [3.8, 4) is 0 Å². The van der Waals surface area contributed by atoms with Gasteiger partial charge in [0.25, 0.3) is 0 Å². The molecule has 1 N–H and O–H groups in total. The van der Waals surface area contributed by atoms with Crippen LogP contribution in [0.5, 0.6) is 0 Å². The number of amides is 2. The lowest BCUT2D eigenvalue weighted by Crippen LogP contribution is -2.47. The number of likely N-dealkylation sites (tertiary alicyclic amines) is 1. The van der Waals surface area contributed by atoms with Crippen LogP contribution in [0.15, 0.2) is 18.3 Å². The van der Waals surface area contributed by atoms with E-state index in [9.17, 15) is 9.59 Å². The Morgan fingerprint density at radius 2 is 2.27 bits per heavy atom. The van der Waals surface area contributed by atoms with Gasteiger partial charge in [-0.25, -0.2) is 4.98 Å². The van der Waals surface area contributed by atoms with Crippen LogP contribution in [0.4, 0.5) is 5.82 Å². The molecule has 1 saturated heterocycles. The van der Waals surface area contributed by atoms with Gasteiger partial charge >= 0.3 is 0 Å². The molecule has 2 rings (SSSR count). The summed E-state index contributed by atoms with van der Waals surface area (Å²) in [7, 11) is 3.84. The molecule has 120 valence electrons. The molecule has 0 radical (unpaired) electrons. The normalized spacial score (nSPS) is 15.8. The molecule has 22 heavy (non-hydrogen) atoms. The second kappa shape index (κ2) is 7.24. The highest BCUT2D eigenvalue weighted by molar-refractivity contribution is 5.88. The molecule has 6 nitrogen and oxygen atoms in total. The highest BCUT2D eigenvalue weighted by Gasteiger charge is 2.31. The Kier molecular flexibility index (Phi) is 5.35. The van der Waals surface area contributed by atoms with Gasteiger partial charge in [0.05, 0.1) is 0 Å². The van der Waals surface area contributed by atoms with Crippen molar-refractivity contribution in [2.45, 2.75) is 38.8 Å². The van der Waals surface area contributed by atoms with Gasteiger partial charge in [-0.3, -0.25) is 9.59 Å². The lowest BCUT2D eigenvalue weighted by Gasteiger charge is -2.26. The van der Waals surface area contributed by atoms with Crippen molar-refractivity contribution in [2.75, 3.05) is 25.5 Å². The predicted molar refractivity (Wildman–Crippen MR) is 85.4 cm³/mol. The monoisotopic (exact) mass is 304 g/mol. The minimum absolute atomic E-state index is 0.0809. The highest BCUT2D eigenvalue weighted by atomic mass is 16.2. The number of aromatic nitrogens is 1. The average molecular weight is 304 g/mol. The number of rotatable bonds is 6. The van der Waals surface area contributed by atoms with Crippen LogP contribution in [-0.4, -0.2) is 48.4 Å². The Bertz CT molecular complexity index is 545. The molecule has 0 aromatic carbocycles. The van der Waals surface area contributed by atoms with Gasteiger partial charge in [-0.1, -0.05) is 13.0 Å². The SMILES string of the molecule is CCC(C(=O)NCc1cccnc1N(C)C)N1CCCC1=O. The Morgan fingerprint density at radius 3 is 2.86 bits per heavy atom. The Balaban J connectivity index is 2.01. The first-order valence-corrected chi connectivity index (χ1v) is 7.73. The summed E-state index contributed by atoms with van der Waals surface area (Å²) in [5, 5.41) is 2.94. The smallest absolute Gasteiger partial charge is 0.243 e. The minimum atomic E-state index is -0.366. The Labute approximate surface area is 131 Å². The zero-order valence-corrected chi connectivity index (χ0v) is 13.5. The van der Waals surface area contributed by atoms with Crippen molar-refractivity contribution in [3.05, 3.63) is 23.9 Å². The summed E-state index contributed by atoms with van der Waals surface area (Å²) in [5.41, 5.74) is 0.962. The molecule has 0 aliphatic carbocycles. The third-order valence-corrected chi connectivity index (χ3v) is 3.92. The second-order valence-corrected chi connectivity index (χ2v) is 5.71. The Morgan fingerprint density at radius 1 is 1.50 bits per heavy atom. The third-order valence-electron chi connectivity index (χ3n) is 3.92. The van der Waals surface area contributed by atoms with Gasteiger partial charge < -0.3 is 15.1 Å². The van der Waals surface area contributed by atoms with E-state index in [1.807, 2.05) is 38.1 Å². The van der Waals surface area contributed by atoms with E-state index in [1.54, 1.807) is 11.1 Å². The fraction of sp³-hybridized carbons (Fsp3) is 0.562. The second-order valence-electron chi connectivity index (χ2n) is 5.71. The summed E-state index contributed by atoms with van der Waals surface area (Å²) in [6.45, 7) is 3.03. The first kappa shape index (κ1) is 16.3. The molecule has 6 heteroatoms. The van der Waals surface area contributed by atoms with Crippen molar-refractivity contribution in [1.29, 1.82) is 0 Å². The predicted octanol–water partition coefficient (Wildman–Crippen LogP) is 1.16. The lowest BCUT2D eigenvalue weighted by atomic mass is 10.1. The first-order valence-electron chi connectivity index (χ1n) is 7.73. The number of carbonyl (C=O) groups excluding carboxylic acids is 2. The Hall–Kier alpha value is -2.11. The standard InChI is InChI=1S/C16H24N4O2/c1-4-13(20-10-6-8-14(20)21)16(22)18-11-12-7-5-9-17-15(12)19(2)3/h5,7,9,13H,4,6,8,10-11H2,1-3H3,(H,18,22). The molecule has 1 atom stereocenters. The molecule has 1 fully saturated rings. The van der Waals surface area contributed by atoms with Crippen molar-refractivity contribution >= 4 is 17.6 Å². The van der Waals surface area contributed by atoms with Crippen LogP contribution in [0.1, 0.15) is 31.7 Å². The molecule has 2 amide bonds. The van der Waals surface area contributed by atoms with Crippen LogP contribution in [-0.2, 0) is 16.1 Å². The molecule has 1 unspecified atom stereocenters. The topological polar surface area (TPSA) is 65.5 Å². The lowest BCUT2D eigenvalue weighted by molar-refractivity contribution is -0.137. The number of anilines is 1. The van der Waals surface area contributed by atoms with E-state index in [0.29, 0.717) is 25.9 Å². The van der Waals surface area contributed by atoms with Gasteiger partial charge in [-0.05, 0) is 18.9 Å². The molecule has 1 aliphatic heterocycles. The molecule has 1 aromatic rings. The summed E-state index contributed by atoms with van der Waals surface area (Å²) in [6.07, 6.45) is 3.76. The number of carbonyl (C=O) groups is 2. The average Bonchev–Trinajstić information content (AvgIpc) is 2.92. The maximum absolute atomic E-state index is 12.4. The molecule has 2 heterocycles. The van der Waals surface area contributed by atoms with Crippen LogP contribution in [0, 0.1) is 0 Å². The van der Waals surface area contributed by atoms with Gasteiger partial charge in [-0.2, -0.15) is 0 Å². The third kappa shape index (κ3) is 3.55. The number of nitrogens with zero attached hydrogens (tertiary/aromatic N) is 3. The quantitative estimate of drug-likeness (QED) is 0.856. The van der Waals surface area contributed by atoms with Gasteiger partial charge in [0, 0.05) is 45.4 Å². The number of hydrogen-bond donors (Lipinski definition) is 1. The molecule has 0 saturated carbocycles. The van der Waals surface area contributed by atoms with Crippen molar-refractivity contribution < 1.29 is 9.59 Å². The van der Waals surface area contributed by atoms with Gasteiger partial charge in [-0.15, -0.1) is 0 Å². The molecule has 0 spiro atoms. The minimum Gasteiger partial charge on any atom is -0.362 e. The van der Waals surface area contributed by atoms with Gasteiger partial charge in [0.15, 0.2) is 0 Å². The fourth-order valence-electron chi connectivity index (χ4n) is 2.82. The molecule has 0 bridgehead atoms. The maximum atomic E-state index is 12.4. The van der Waals surface area contributed by atoms with Crippen molar-refractivity contribution in [2.24, 2.45) is 0 Å². The summed E-state index contributed by atoms with van der Waals surface area (Å²) in [5.74, 6) is 0.830. The molecule has 1 aliphatic rings. The van der Waals surface area contributed by atoms with E-state index in [0.717, 1.165) is 17.8 Å². The van der Waals surface area contributed by atoms with E-state index in [2.05, 4.69) is 10.3 Å². The van der Waals surface area contributed by atoms with E-state index in [1.165, 1.54) is 0 Å². The molecular weight excluding hydrogens is 280 g/mol. The van der Waals surface area contributed by atoms with E-state index in [4.69, 9.17) is 0 Å². The van der Waals surface area contributed by atoms with Crippen LogP contribution in [0.25, 0.3) is 0 Å². The van der Waals surface area contributed by atoms with Gasteiger partial charge in [0.1, 0.15) is 11.9 Å². The highest BCUT2D eigenvalue weighted by Crippen LogP contribution is 2.17. The largest absolute Gasteiger partial charge is 0.362 e. The molecular formula is C16H24N4O2. The summed E-state index contributed by atoms with van der Waals surface area (Å²) >= 11 is 0. The number of pyridine rings is 1. The van der Waals surface area contributed by atoms with E-state index >= 15 is 0 Å². The van der Waals surface area contributed by atoms with Crippen molar-refractivity contribution in [3.63, 3.8) is 0 Å². The van der Waals surface area contributed by atoms with Crippen LogP contribution in [0.2, 0.25) is 0 Å².